The standard InChI is InChI=1S/C20H19N3OS/c1-13-11-15-7-3-6-10-18(15)23(13)20(24)14(2)25-19-16-8-4-5-9-17(16)21-12-22-19/h3-10,12-14H,11H2,1-2H3/t13-,14-/m1/s1. The molecule has 5 heteroatoms. The first kappa shape index (κ1) is 16.1. The van der Waals surface area contributed by atoms with Gasteiger partial charge in [0.15, 0.2) is 0 Å². The Morgan fingerprint density at radius 1 is 1.16 bits per heavy atom. The molecule has 0 saturated carbocycles. The van der Waals surface area contributed by atoms with E-state index in [4.69, 9.17) is 0 Å². The van der Waals surface area contributed by atoms with Crippen LogP contribution in [0.25, 0.3) is 10.9 Å². The average molecular weight is 349 g/mol. The van der Waals surface area contributed by atoms with Crippen molar-refractivity contribution in [1.29, 1.82) is 0 Å². The Bertz CT molecular complexity index is 938. The molecular weight excluding hydrogens is 330 g/mol. The highest BCUT2D eigenvalue weighted by molar-refractivity contribution is 8.00. The molecule has 0 bridgehead atoms. The molecule has 0 spiro atoms. The van der Waals surface area contributed by atoms with Crippen LogP contribution in [-0.2, 0) is 11.2 Å². The summed E-state index contributed by atoms with van der Waals surface area (Å²) in [5.74, 6) is 0.130. The number of para-hydroxylation sites is 2. The second kappa shape index (κ2) is 6.48. The summed E-state index contributed by atoms with van der Waals surface area (Å²) in [5, 5.41) is 1.63. The maximum Gasteiger partial charge on any atom is 0.240 e. The minimum Gasteiger partial charge on any atom is -0.308 e. The zero-order valence-corrected chi connectivity index (χ0v) is 15.0. The van der Waals surface area contributed by atoms with Crippen molar-refractivity contribution in [2.24, 2.45) is 0 Å². The number of fused-ring (bicyclic) bond motifs is 2. The molecule has 126 valence electrons. The number of thioether (sulfide) groups is 1. The number of hydrogen-bond donors (Lipinski definition) is 0. The summed E-state index contributed by atoms with van der Waals surface area (Å²) in [4.78, 5) is 23.8. The monoisotopic (exact) mass is 349 g/mol. The number of anilines is 1. The molecule has 1 amide bonds. The lowest BCUT2D eigenvalue weighted by Gasteiger charge is -2.25. The van der Waals surface area contributed by atoms with Gasteiger partial charge in [0, 0.05) is 17.1 Å². The Kier molecular flexibility index (Phi) is 4.17. The molecule has 2 heterocycles. The van der Waals surface area contributed by atoms with Crippen LogP contribution in [0, 0.1) is 0 Å². The molecule has 0 aliphatic carbocycles. The number of hydrogen-bond acceptors (Lipinski definition) is 4. The number of benzene rings is 2. The van der Waals surface area contributed by atoms with Crippen molar-refractivity contribution >= 4 is 34.3 Å². The highest BCUT2D eigenvalue weighted by Crippen LogP contribution is 2.35. The normalized spacial score (nSPS) is 17.5. The van der Waals surface area contributed by atoms with Gasteiger partial charge >= 0.3 is 0 Å². The van der Waals surface area contributed by atoms with E-state index in [9.17, 15) is 4.79 Å². The van der Waals surface area contributed by atoms with Crippen molar-refractivity contribution in [3.63, 3.8) is 0 Å². The zero-order valence-electron chi connectivity index (χ0n) is 14.2. The fourth-order valence-corrected chi connectivity index (χ4v) is 4.35. The van der Waals surface area contributed by atoms with Crippen molar-refractivity contribution < 1.29 is 4.79 Å². The van der Waals surface area contributed by atoms with Crippen molar-refractivity contribution in [2.75, 3.05) is 4.90 Å². The van der Waals surface area contributed by atoms with Gasteiger partial charge in [0.1, 0.15) is 11.4 Å². The largest absolute Gasteiger partial charge is 0.308 e. The molecule has 3 aromatic rings. The summed E-state index contributed by atoms with van der Waals surface area (Å²) in [7, 11) is 0. The van der Waals surface area contributed by atoms with Crippen LogP contribution in [0.2, 0.25) is 0 Å². The first-order valence-electron chi connectivity index (χ1n) is 8.42. The third kappa shape index (κ3) is 2.89. The summed E-state index contributed by atoms with van der Waals surface area (Å²) < 4.78 is 0. The van der Waals surface area contributed by atoms with E-state index in [1.165, 1.54) is 17.3 Å². The minimum absolute atomic E-state index is 0.130. The van der Waals surface area contributed by atoms with Gasteiger partial charge in [-0.2, -0.15) is 0 Å². The Labute approximate surface area is 151 Å². The van der Waals surface area contributed by atoms with Crippen LogP contribution in [0.15, 0.2) is 59.9 Å². The second-order valence-corrected chi connectivity index (χ2v) is 7.68. The van der Waals surface area contributed by atoms with E-state index in [0.29, 0.717) is 0 Å². The molecule has 0 radical (unpaired) electrons. The Balaban J connectivity index is 1.61. The first-order chi connectivity index (χ1) is 12.1. The maximum absolute atomic E-state index is 13.1. The molecule has 0 N–H and O–H groups in total. The van der Waals surface area contributed by atoms with Crippen molar-refractivity contribution in [3.05, 3.63) is 60.4 Å². The average Bonchev–Trinajstić information content (AvgIpc) is 2.97. The van der Waals surface area contributed by atoms with Gasteiger partial charge in [0.2, 0.25) is 5.91 Å². The number of rotatable bonds is 3. The Morgan fingerprint density at radius 3 is 2.80 bits per heavy atom. The third-order valence-electron chi connectivity index (χ3n) is 4.59. The van der Waals surface area contributed by atoms with Gasteiger partial charge in [-0.25, -0.2) is 9.97 Å². The Hall–Kier alpha value is -2.40. The lowest BCUT2D eigenvalue weighted by atomic mass is 10.1. The van der Waals surface area contributed by atoms with E-state index >= 15 is 0 Å². The quantitative estimate of drug-likeness (QED) is 0.528. The SMILES string of the molecule is C[C@@H]1Cc2ccccc2N1C(=O)[C@@H](C)Sc1ncnc2ccccc12. The van der Waals surface area contributed by atoms with Gasteiger partial charge in [-0.05, 0) is 38.0 Å². The van der Waals surface area contributed by atoms with Gasteiger partial charge in [-0.3, -0.25) is 4.79 Å². The predicted octanol–water partition coefficient (Wildman–Crippen LogP) is 4.09. The Morgan fingerprint density at radius 2 is 1.92 bits per heavy atom. The van der Waals surface area contributed by atoms with Crippen LogP contribution in [0.5, 0.6) is 0 Å². The molecule has 0 saturated heterocycles. The van der Waals surface area contributed by atoms with E-state index in [2.05, 4.69) is 23.0 Å². The molecule has 4 rings (SSSR count). The summed E-state index contributed by atoms with van der Waals surface area (Å²) in [6.07, 6.45) is 2.48. The van der Waals surface area contributed by atoms with Gasteiger partial charge in [-0.1, -0.05) is 48.2 Å². The summed E-state index contributed by atoms with van der Waals surface area (Å²) in [5.41, 5.74) is 3.19. The second-order valence-electron chi connectivity index (χ2n) is 6.35. The molecular formula is C20H19N3OS. The van der Waals surface area contributed by atoms with Crippen molar-refractivity contribution in [1.82, 2.24) is 9.97 Å². The molecule has 1 aromatic heterocycles. The molecule has 0 fully saturated rings. The lowest BCUT2D eigenvalue weighted by Crippen LogP contribution is -2.40. The number of carbonyl (C=O) groups is 1. The van der Waals surface area contributed by atoms with E-state index < -0.39 is 0 Å². The summed E-state index contributed by atoms with van der Waals surface area (Å²) in [6.45, 7) is 4.06. The minimum atomic E-state index is -0.216. The van der Waals surface area contributed by atoms with Gasteiger partial charge in [-0.15, -0.1) is 0 Å². The van der Waals surface area contributed by atoms with Gasteiger partial charge < -0.3 is 4.90 Å². The van der Waals surface area contributed by atoms with Crippen molar-refractivity contribution in [2.45, 2.75) is 36.6 Å². The molecule has 4 nitrogen and oxygen atoms in total. The summed E-state index contributed by atoms with van der Waals surface area (Å²) >= 11 is 1.50. The van der Waals surface area contributed by atoms with Gasteiger partial charge in [0.05, 0.1) is 10.8 Å². The van der Waals surface area contributed by atoms with Crippen molar-refractivity contribution in [3.8, 4) is 0 Å². The van der Waals surface area contributed by atoms with Crippen LogP contribution in [-0.4, -0.2) is 27.2 Å². The predicted molar refractivity (Wildman–Crippen MR) is 102 cm³/mol. The first-order valence-corrected chi connectivity index (χ1v) is 9.30. The van der Waals surface area contributed by atoms with Gasteiger partial charge in [0.25, 0.3) is 0 Å². The molecule has 25 heavy (non-hydrogen) atoms. The molecule has 0 unspecified atom stereocenters. The number of amides is 1. The number of nitrogens with zero attached hydrogens (tertiary/aromatic N) is 3. The zero-order chi connectivity index (χ0) is 17.4. The molecule has 2 aromatic carbocycles. The maximum atomic E-state index is 13.1. The van der Waals surface area contributed by atoms with E-state index in [1.807, 2.05) is 54.3 Å². The number of carbonyl (C=O) groups excluding carboxylic acids is 1. The van der Waals surface area contributed by atoms with Crippen LogP contribution in [0.4, 0.5) is 5.69 Å². The number of aromatic nitrogens is 2. The summed E-state index contributed by atoms with van der Waals surface area (Å²) in [6, 6.07) is 16.3. The fourth-order valence-electron chi connectivity index (χ4n) is 3.39. The topological polar surface area (TPSA) is 46.1 Å². The highest BCUT2D eigenvalue weighted by Gasteiger charge is 2.33. The molecule has 1 aliphatic rings. The van der Waals surface area contributed by atoms with E-state index in [-0.39, 0.29) is 17.2 Å². The molecule has 2 atom stereocenters. The van der Waals surface area contributed by atoms with E-state index in [0.717, 1.165) is 28.0 Å². The highest BCUT2D eigenvalue weighted by atomic mass is 32.2. The third-order valence-corrected chi connectivity index (χ3v) is 5.69. The smallest absolute Gasteiger partial charge is 0.240 e. The van der Waals surface area contributed by atoms with Crippen LogP contribution >= 0.6 is 11.8 Å². The van der Waals surface area contributed by atoms with Crippen LogP contribution < -0.4 is 4.90 Å². The molecule has 1 aliphatic heterocycles. The van der Waals surface area contributed by atoms with Crippen LogP contribution in [0.3, 0.4) is 0 Å². The van der Waals surface area contributed by atoms with E-state index in [1.54, 1.807) is 6.33 Å². The van der Waals surface area contributed by atoms with Crippen LogP contribution in [0.1, 0.15) is 19.4 Å². The fraction of sp³-hybridized carbons (Fsp3) is 0.250. The lowest BCUT2D eigenvalue weighted by molar-refractivity contribution is -0.118.